The van der Waals surface area contributed by atoms with Crippen LogP contribution >= 0.6 is 15.9 Å². The van der Waals surface area contributed by atoms with E-state index in [2.05, 4.69) is 20.8 Å². The maximum atomic E-state index is 11.0. The van der Waals surface area contributed by atoms with Crippen LogP contribution in [0.3, 0.4) is 0 Å². The molecule has 1 N–H and O–H groups in total. The van der Waals surface area contributed by atoms with E-state index >= 15 is 0 Å². The summed E-state index contributed by atoms with van der Waals surface area (Å²) in [4.78, 5) is 13.2. The topological polar surface area (TPSA) is 49.8 Å². The molecule has 0 aliphatic carbocycles. The Morgan fingerprint density at radius 3 is 3.00 bits per heavy atom. The molecule has 1 aliphatic rings. The number of ether oxygens (including phenoxy) is 1. The Balaban J connectivity index is 2.13. The van der Waals surface area contributed by atoms with Gasteiger partial charge in [-0.3, -0.25) is 9.69 Å². The lowest BCUT2D eigenvalue weighted by molar-refractivity contribution is -0.138. The van der Waals surface area contributed by atoms with Gasteiger partial charge in [0.1, 0.15) is 5.75 Å². The minimum atomic E-state index is -0.719. The molecule has 0 aromatic heterocycles. The molecule has 1 fully saturated rings. The minimum absolute atomic E-state index is 0.130. The van der Waals surface area contributed by atoms with Crippen molar-refractivity contribution in [3.05, 3.63) is 28.2 Å². The number of nitrogens with zero attached hydrogens (tertiary/aromatic N) is 1. The van der Waals surface area contributed by atoms with Crippen LogP contribution in [0.2, 0.25) is 0 Å². The van der Waals surface area contributed by atoms with Gasteiger partial charge >= 0.3 is 5.97 Å². The number of piperidine rings is 1. The van der Waals surface area contributed by atoms with Gasteiger partial charge in [0.15, 0.2) is 0 Å². The Labute approximate surface area is 127 Å². The van der Waals surface area contributed by atoms with Gasteiger partial charge in [0.2, 0.25) is 0 Å². The third-order valence-electron chi connectivity index (χ3n) is 3.78. The summed E-state index contributed by atoms with van der Waals surface area (Å²) in [5.74, 6) is 0.135. The summed E-state index contributed by atoms with van der Waals surface area (Å²) >= 11 is 3.48. The molecular formula is C15H20BrNO3. The van der Waals surface area contributed by atoms with Gasteiger partial charge in [-0.2, -0.15) is 0 Å². The van der Waals surface area contributed by atoms with Gasteiger partial charge in [-0.25, -0.2) is 0 Å². The summed E-state index contributed by atoms with van der Waals surface area (Å²) in [5.41, 5.74) is 1.10. The first-order valence-corrected chi connectivity index (χ1v) is 7.67. The summed E-state index contributed by atoms with van der Waals surface area (Å²) in [6, 6.07) is 6.07. The summed E-state index contributed by atoms with van der Waals surface area (Å²) in [6.45, 7) is 1.69. The maximum Gasteiger partial charge on any atom is 0.304 e. The van der Waals surface area contributed by atoms with E-state index in [1.165, 1.54) is 0 Å². The first-order valence-electron chi connectivity index (χ1n) is 6.88. The third kappa shape index (κ3) is 3.96. The Hall–Kier alpha value is -1.07. The number of benzene rings is 1. The summed E-state index contributed by atoms with van der Waals surface area (Å²) in [5, 5.41) is 9.04. The molecule has 1 heterocycles. The van der Waals surface area contributed by atoms with E-state index in [1.54, 1.807) is 7.11 Å². The minimum Gasteiger partial charge on any atom is -0.496 e. The molecule has 1 saturated heterocycles. The van der Waals surface area contributed by atoms with Crippen LogP contribution in [-0.2, 0) is 11.3 Å². The fourth-order valence-electron chi connectivity index (χ4n) is 2.79. The number of likely N-dealkylation sites (tertiary alicyclic amines) is 1. The molecule has 110 valence electrons. The number of methoxy groups -OCH3 is 1. The molecule has 1 aromatic carbocycles. The van der Waals surface area contributed by atoms with E-state index in [9.17, 15) is 4.79 Å². The number of halogens is 1. The Kier molecular flexibility index (Phi) is 5.43. The molecule has 1 aromatic rings. The Morgan fingerprint density at radius 2 is 2.30 bits per heavy atom. The molecule has 0 spiro atoms. The number of carboxylic acid groups (broad SMARTS) is 1. The first kappa shape index (κ1) is 15.3. The summed E-state index contributed by atoms with van der Waals surface area (Å²) in [7, 11) is 1.66. The zero-order chi connectivity index (χ0) is 14.5. The normalized spacial score (nSPS) is 19.8. The monoisotopic (exact) mass is 341 g/mol. The predicted molar refractivity (Wildman–Crippen MR) is 81.0 cm³/mol. The molecule has 1 atom stereocenters. The molecule has 0 radical (unpaired) electrons. The highest BCUT2D eigenvalue weighted by Crippen LogP contribution is 2.28. The highest BCUT2D eigenvalue weighted by Gasteiger charge is 2.25. The average Bonchev–Trinajstić information content (AvgIpc) is 2.41. The van der Waals surface area contributed by atoms with Gasteiger partial charge in [0.05, 0.1) is 13.5 Å². The largest absolute Gasteiger partial charge is 0.496 e. The van der Waals surface area contributed by atoms with Gasteiger partial charge in [0, 0.05) is 22.6 Å². The van der Waals surface area contributed by atoms with Crippen LogP contribution < -0.4 is 4.74 Å². The molecule has 4 nitrogen and oxygen atoms in total. The number of aliphatic carboxylic acids is 1. The van der Waals surface area contributed by atoms with E-state index in [1.807, 2.05) is 18.2 Å². The third-order valence-corrected chi connectivity index (χ3v) is 4.27. The number of hydrogen-bond donors (Lipinski definition) is 1. The van der Waals surface area contributed by atoms with E-state index < -0.39 is 5.97 Å². The van der Waals surface area contributed by atoms with Crippen molar-refractivity contribution < 1.29 is 14.6 Å². The number of rotatable bonds is 5. The summed E-state index contributed by atoms with van der Waals surface area (Å²) < 4.78 is 6.41. The molecule has 1 unspecified atom stereocenters. The van der Waals surface area contributed by atoms with E-state index in [-0.39, 0.29) is 12.5 Å². The van der Waals surface area contributed by atoms with Crippen molar-refractivity contribution >= 4 is 21.9 Å². The molecule has 2 rings (SSSR count). The second-order valence-corrected chi connectivity index (χ2v) is 6.09. The lowest BCUT2D eigenvalue weighted by Gasteiger charge is -2.35. The first-order chi connectivity index (χ1) is 9.60. The van der Waals surface area contributed by atoms with E-state index in [0.29, 0.717) is 0 Å². The van der Waals surface area contributed by atoms with Crippen molar-refractivity contribution in [3.63, 3.8) is 0 Å². The molecule has 0 amide bonds. The molecule has 20 heavy (non-hydrogen) atoms. The fraction of sp³-hybridized carbons (Fsp3) is 0.533. The fourth-order valence-corrected chi connectivity index (χ4v) is 3.20. The van der Waals surface area contributed by atoms with Gasteiger partial charge in [-0.1, -0.05) is 22.4 Å². The second-order valence-electron chi connectivity index (χ2n) is 5.17. The zero-order valence-electron chi connectivity index (χ0n) is 11.6. The smallest absolute Gasteiger partial charge is 0.304 e. The SMILES string of the molecule is COc1ccc(Br)cc1CN1CCCCC1CC(=O)O. The molecule has 1 aliphatic heterocycles. The maximum absolute atomic E-state index is 11.0. The lowest BCUT2D eigenvalue weighted by Crippen LogP contribution is -2.40. The van der Waals surface area contributed by atoms with E-state index in [4.69, 9.17) is 9.84 Å². The molecule has 0 bridgehead atoms. The van der Waals surface area contributed by atoms with Crippen LogP contribution in [0.15, 0.2) is 22.7 Å². The average molecular weight is 342 g/mol. The van der Waals surface area contributed by atoms with Gasteiger partial charge in [0.25, 0.3) is 0 Å². The molecule has 5 heteroatoms. The van der Waals surface area contributed by atoms with Crippen LogP contribution in [0.1, 0.15) is 31.2 Å². The van der Waals surface area contributed by atoms with Crippen molar-refractivity contribution in [1.82, 2.24) is 4.90 Å². The van der Waals surface area contributed by atoms with Crippen molar-refractivity contribution in [2.24, 2.45) is 0 Å². The molecule has 0 saturated carbocycles. The van der Waals surface area contributed by atoms with Crippen molar-refractivity contribution in [2.45, 2.75) is 38.3 Å². The summed E-state index contributed by atoms with van der Waals surface area (Å²) in [6.07, 6.45) is 3.43. The zero-order valence-corrected chi connectivity index (χ0v) is 13.2. The lowest BCUT2D eigenvalue weighted by atomic mass is 9.98. The standard InChI is InChI=1S/C15H20BrNO3/c1-20-14-6-5-12(16)8-11(14)10-17-7-3-2-4-13(17)9-15(18)19/h5-6,8,13H,2-4,7,9-10H2,1H3,(H,18,19). The van der Waals surface area contributed by atoms with Crippen molar-refractivity contribution in [2.75, 3.05) is 13.7 Å². The van der Waals surface area contributed by atoms with Crippen molar-refractivity contribution in [3.8, 4) is 5.75 Å². The van der Waals surface area contributed by atoms with Gasteiger partial charge in [-0.15, -0.1) is 0 Å². The van der Waals surface area contributed by atoms with E-state index in [0.717, 1.165) is 48.1 Å². The second kappa shape index (κ2) is 7.09. The van der Waals surface area contributed by atoms with Gasteiger partial charge in [-0.05, 0) is 37.6 Å². The highest BCUT2D eigenvalue weighted by atomic mass is 79.9. The quantitative estimate of drug-likeness (QED) is 0.892. The van der Waals surface area contributed by atoms with Crippen LogP contribution in [0, 0.1) is 0 Å². The van der Waals surface area contributed by atoms with Crippen LogP contribution in [0.5, 0.6) is 5.75 Å². The van der Waals surface area contributed by atoms with Crippen LogP contribution in [0.4, 0.5) is 0 Å². The van der Waals surface area contributed by atoms with Gasteiger partial charge < -0.3 is 9.84 Å². The highest BCUT2D eigenvalue weighted by molar-refractivity contribution is 9.10. The van der Waals surface area contributed by atoms with Crippen LogP contribution in [0.25, 0.3) is 0 Å². The van der Waals surface area contributed by atoms with Crippen molar-refractivity contribution in [1.29, 1.82) is 0 Å². The Morgan fingerprint density at radius 1 is 1.50 bits per heavy atom. The number of carboxylic acids is 1. The van der Waals surface area contributed by atoms with Crippen LogP contribution in [-0.4, -0.2) is 35.7 Å². The Bertz CT molecular complexity index is 478. The predicted octanol–water partition coefficient (Wildman–Crippen LogP) is 3.29. The molecular weight excluding hydrogens is 322 g/mol. The number of hydrogen-bond acceptors (Lipinski definition) is 3. The number of carbonyl (C=O) groups is 1.